The molecule has 1 saturated heterocycles. The number of carbonyl (C=O) groups is 3. The molecule has 2 aromatic carbocycles. The first-order valence-corrected chi connectivity index (χ1v) is 12.2. The Balaban J connectivity index is 1.43. The van der Waals surface area contributed by atoms with Crippen molar-refractivity contribution in [3.05, 3.63) is 70.9 Å². The molecule has 1 fully saturated rings. The van der Waals surface area contributed by atoms with Gasteiger partial charge >= 0.3 is 5.97 Å². The van der Waals surface area contributed by atoms with Gasteiger partial charge in [0.2, 0.25) is 11.7 Å². The Hall–Kier alpha value is -3.10. The van der Waals surface area contributed by atoms with E-state index >= 15 is 0 Å². The number of esters is 1. The van der Waals surface area contributed by atoms with E-state index in [1.807, 2.05) is 36.6 Å². The maximum atomic E-state index is 13.2. The van der Waals surface area contributed by atoms with Gasteiger partial charge in [0.25, 0.3) is 0 Å². The Morgan fingerprint density at radius 3 is 2.59 bits per heavy atom. The Bertz CT molecular complexity index is 1200. The van der Waals surface area contributed by atoms with Gasteiger partial charge in [-0.25, -0.2) is 9.37 Å². The van der Waals surface area contributed by atoms with Crippen LogP contribution in [0.1, 0.15) is 28.8 Å². The number of rotatable bonds is 8. The maximum absolute atomic E-state index is 13.2. The number of amides is 1. The fourth-order valence-corrected chi connectivity index (χ4v) is 4.73. The van der Waals surface area contributed by atoms with Crippen LogP contribution in [0.25, 0.3) is 11.3 Å². The van der Waals surface area contributed by atoms with Crippen LogP contribution >= 0.6 is 22.9 Å². The highest BCUT2D eigenvalue weighted by Gasteiger charge is 2.39. The second-order valence-corrected chi connectivity index (χ2v) is 9.28. The van der Waals surface area contributed by atoms with Crippen LogP contribution in [0.15, 0.2) is 53.9 Å². The van der Waals surface area contributed by atoms with Crippen molar-refractivity contribution in [3.8, 4) is 11.3 Å². The zero-order chi connectivity index (χ0) is 24.2. The van der Waals surface area contributed by atoms with Gasteiger partial charge in [0.15, 0.2) is 11.2 Å². The lowest BCUT2D eigenvalue weighted by Crippen LogP contribution is -2.32. The minimum atomic E-state index is -1.10. The SMILES string of the molecule is Cc1ccc(-c2csc(N3C[C@@H](C(=O)O[C@H](CCCl)C(=O)c4ccc(F)cc4)CC3=O)n2)cc1. The van der Waals surface area contributed by atoms with Crippen LogP contribution in [0, 0.1) is 18.7 Å². The molecule has 0 bridgehead atoms. The van der Waals surface area contributed by atoms with Crippen molar-refractivity contribution in [2.45, 2.75) is 25.9 Å². The van der Waals surface area contributed by atoms with Crippen LogP contribution in [-0.4, -0.2) is 41.2 Å². The van der Waals surface area contributed by atoms with E-state index in [-0.39, 0.29) is 36.7 Å². The number of anilines is 1. The van der Waals surface area contributed by atoms with E-state index < -0.39 is 29.6 Å². The molecule has 0 unspecified atom stereocenters. The monoisotopic (exact) mass is 500 g/mol. The average Bonchev–Trinajstić information content (AvgIpc) is 3.46. The fraction of sp³-hybridized carbons (Fsp3) is 0.280. The van der Waals surface area contributed by atoms with E-state index in [0.717, 1.165) is 16.8 Å². The normalized spacial score (nSPS) is 16.5. The maximum Gasteiger partial charge on any atom is 0.312 e. The van der Waals surface area contributed by atoms with Gasteiger partial charge in [0.1, 0.15) is 5.82 Å². The Morgan fingerprint density at radius 1 is 1.21 bits per heavy atom. The Morgan fingerprint density at radius 2 is 1.91 bits per heavy atom. The predicted molar refractivity (Wildman–Crippen MR) is 129 cm³/mol. The molecule has 0 radical (unpaired) electrons. The van der Waals surface area contributed by atoms with Crippen molar-refractivity contribution >= 4 is 45.7 Å². The average molecular weight is 501 g/mol. The number of thiazole rings is 1. The zero-order valence-electron chi connectivity index (χ0n) is 18.4. The van der Waals surface area contributed by atoms with Crippen molar-refractivity contribution < 1.29 is 23.5 Å². The van der Waals surface area contributed by atoms with Crippen LogP contribution in [-0.2, 0) is 14.3 Å². The van der Waals surface area contributed by atoms with Gasteiger partial charge in [-0.2, -0.15) is 0 Å². The third-order valence-electron chi connectivity index (χ3n) is 5.58. The first-order valence-electron chi connectivity index (χ1n) is 10.7. The highest BCUT2D eigenvalue weighted by Crippen LogP contribution is 2.32. The number of hydrogen-bond acceptors (Lipinski definition) is 6. The summed E-state index contributed by atoms with van der Waals surface area (Å²) < 4.78 is 18.7. The van der Waals surface area contributed by atoms with Gasteiger partial charge in [0, 0.05) is 41.8 Å². The molecule has 34 heavy (non-hydrogen) atoms. The first-order chi connectivity index (χ1) is 16.4. The van der Waals surface area contributed by atoms with Crippen LogP contribution in [0.4, 0.5) is 9.52 Å². The lowest BCUT2D eigenvalue weighted by Gasteiger charge is -2.18. The molecule has 4 rings (SSSR count). The van der Waals surface area contributed by atoms with Crippen LogP contribution in [0.3, 0.4) is 0 Å². The third kappa shape index (κ3) is 5.34. The van der Waals surface area contributed by atoms with Crippen LogP contribution < -0.4 is 4.90 Å². The number of nitrogens with zero attached hydrogens (tertiary/aromatic N) is 2. The Kier molecular flexibility index (Phi) is 7.38. The van der Waals surface area contributed by atoms with Crippen molar-refractivity contribution in [2.24, 2.45) is 5.92 Å². The molecular weight excluding hydrogens is 479 g/mol. The quantitative estimate of drug-likeness (QED) is 0.246. The van der Waals surface area contributed by atoms with E-state index in [9.17, 15) is 18.8 Å². The van der Waals surface area contributed by atoms with Gasteiger partial charge in [0.05, 0.1) is 11.6 Å². The zero-order valence-corrected chi connectivity index (χ0v) is 19.9. The summed E-state index contributed by atoms with van der Waals surface area (Å²) in [6.07, 6.45) is -1.02. The standard InChI is InChI=1S/C25H22ClFN2O4S/c1-15-2-4-16(5-3-15)20-14-34-25(28-20)29-13-18(12-22(29)30)24(32)33-21(10-11-26)23(31)17-6-8-19(27)9-7-17/h2-9,14,18,21H,10-13H2,1H3/t18-,21+/m0/s1. The minimum Gasteiger partial charge on any atom is -0.454 e. The number of benzene rings is 2. The second-order valence-electron chi connectivity index (χ2n) is 8.06. The number of hydrogen-bond donors (Lipinski definition) is 0. The van der Waals surface area contributed by atoms with Crippen LogP contribution in [0.5, 0.6) is 0 Å². The third-order valence-corrected chi connectivity index (χ3v) is 6.66. The number of aromatic nitrogens is 1. The van der Waals surface area contributed by atoms with E-state index in [0.29, 0.717) is 5.13 Å². The molecule has 2 heterocycles. The molecule has 1 aromatic heterocycles. The lowest BCUT2D eigenvalue weighted by atomic mass is 10.0. The highest BCUT2D eigenvalue weighted by molar-refractivity contribution is 7.14. The molecule has 1 aliphatic rings. The molecule has 0 aliphatic carbocycles. The smallest absolute Gasteiger partial charge is 0.312 e. The number of aryl methyl sites for hydroxylation is 1. The minimum absolute atomic E-state index is 0.0311. The summed E-state index contributed by atoms with van der Waals surface area (Å²) in [5.74, 6) is -2.43. The highest BCUT2D eigenvalue weighted by atomic mass is 35.5. The molecule has 9 heteroatoms. The van der Waals surface area contributed by atoms with E-state index in [1.165, 1.54) is 40.5 Å². The Labute approximate surface area is 205 Å². The van der Waals surface area contributed by atoms with Gasteiger partial charge in [-0.1, -0.05) is 29.8 Å². The summed E-state index contributed by atoms with van der Waals surface area (Å²) in [6.45, 7) is 2.13. The van der Waals surface area contributed by atoms with Gasteiger partial charge in [-0.05, 0) is 31.2 Å². The molecule has 1 amide bonds. The first kappa shape index (κ1) is 24.0. The van der Waals surface area contributed by atoms with Crippen LogP contribution in [0.2, 0.25) is 0 Å². The molecule has 0 spiro atoms. The van der Waals surface area contributed by atoms with Gasteiger partial charge < -0.3 is 4.74 Å². The van der Waals surface area contributed by atoms with Crippen molar-refractivity contribution in [1.82, 2.24) is 4.98 Å². The fourth-order valence-electron chi connectivity index (χ4n) is 3.67. The van der Waals surface area contributed by atoms with E-state index in [4.69, 9.17) is 16.3 Å². The van der Waals surface area contributed by atoms with Crippen molar-refractivity contribution in [3.63, 3.8) is 0 Å². The topological polar surface area (TPSA) is 76.6 Å². The molecular formula is C25H22ClFN2O4S. The van der Waals surface area contributed by atoms with Gasteiger partial charge in [-0.3, -0.25) is 19.3 Å². The summed E-state index contributed by atoms with van der Waals surface area (Å²) in [5.41, 5.74) is 3.06. The van der Waals surface area contributed by atoms with Gasteiger partial charge in [-0.15, -0.1) is 22.9 Å². The summed E-state index contributed by atoms with van der Waals surface area (Å²) in [4.78, 5) is 44.3. The molecule has 0 saturated carbocycles. The number of ether oxygens (including phenoxy) is 1. The second kappa shape index (κ2) is 10.4. The number of carbonyl (C=O) groups excluding carboxylic acids is 3. The molecule has 2 atom stereocenters. The molecule has 1 aliphatic heterocycles. The number of Topliss-reactive ketones (excluding diaryl/α,β-unsaturated/α-hetero) is 1. The summed E-state index contributed by atoms with van der Waals surface area (Å²) in [7, 11) is 0. The lowest BCUT2D eigenvalue weighted by molar-refractivity contribution is -0.151. The number of alkyl halides is 1. The van der Waals surface area contributed by atoms with Crippen molar-refractivity contribution in [2.75, 3.05) is 17.3 Å². The number of ketones is 1. The van der Waals surface area contributed by atoms with E-state index in [1.54, 1.807) is 0 Å². The number of halogens is 2. The summed E-state index contributed by atoms with van der Waals surface area (Å²) in [6, 6.07) is 12.9. The molecule has 176 valence electrons. The molecule has 0 N–H and O–H groups in total. The van der Waals surface area contributed by atoms with E-state index in [2.05, 4.69) is 4.98 Å². The summed E-state index contributed by atoms with van der Waals surface area (Å²) in [5, 5.41) is 2.38. The largest absolute Gasteiger partial charge is 0.454 e. The molecule has 6 nitrogen and oxygen atoms in total. The summed E-state index contributed by atoms with van der Waals surface area (Å²) >= 11 is 7.14. The predicted octanol–water partition coefficient (Wildman–Crippen LogP) is 5.03. The molecule has 3 aromatic rings. The van der Waals surface area contributed by atoms with Crippen molar-refractivity contribution in [1.29, 1.82) is 0 Å².